The minimum Gasteiger partial charge on any atom is -0.493 e. The van der Waals surface area contributed by atoms with Crippen molar-refractivity contribution in [2.24, 2.45) is 0 Å². The van der Waals surface area contributed by atoms with Crippen molar-refractivity contribution in [3.63, 3.8) is 0 Å². The van der Waals surface area contributed by atoms with Crippen molar-refractivity contribution >= 4 is 5.91 Å². The first-order valence-electron chi connectivity index (χ1n) is 9.90. The van der Waals surface area contributed by atoms with E-state index in [-0.39, 0.29) is 11.7 Å². The molecular formula is C22H25F3N2O5. The predicted molar refractivity (Wildman–Crippen MR) is 110 cm³/mol. The van der Waals surface area contributed by atoms with E-state index in [2.05, 4.69) is 9.64 Å². The topological polar surface area (TPSA) is 60.5 Å². The molecule has 0 aromatic heterocycles. The Labute approximate surface area is 184 Å². The Balaban J connectivity index is 1.59. The summed E-state index contributed by atoms with van der Waals surface area (Å²) in [5.41, 5.74) is 1.30. The summed E-state index contributed by atoms with van der Waals surface area (Å²) < 4.78 is 56.7. The first kappa shape index (κ1) is 23.5. The van der Waals surface area contributed by atoms with Crippen LogP contribution in [0, 0.1) is 0 Å². The number of hydrogen-bond donors (Lipinski definition) is 0. The molecule has 0 N–H and O–H groups in total. The van der Waals surface area contributed by atoms with Gasteiger partial charge in [0.1, 0.15) is 5.75 Å². The second kappa shape index (κ2) is 9.99. The lowest BCUT2D eigenvalue weighted by molar-refractivity contribution is -0.274. The summed E-state index contributed by atoms with van der Waals surface area (Å²) >= 11 is 0. The molecule has 3 rings (SSSR count). The summed E-state index contributed by atoms with van der Waals surface area (Å²) in [6.45, 7) is 2.88. The maximum atomic E-state index is 13.0. The molecule has 0 atom stereocenters. The number of ether oxygens (including phenoxy) is 4. The van der Waals surface area contributed by atoms with E-state index in [0.717, 1.165) is 5.56 Å². The van der Waals surface area contributed by atoms with Gasteiger partial charge in [0, 0.05) is 38.3 Å². The number of carbonyl (C=O) groups is 1. The minimum absolute atomic E-state index is 0.141. The number of rotatable bonds is 7. The average molecular weight is 454 g/mol. The number of nitrogens with zero attached hydrogens (tertiary/aromatic N) is 2. The van der Waals surface area contributed by atoms with E-state index in [1.165, 1.54) is 33.5 Å². The van der Waals surface area contributed by atoms with Crippen molar-refractivity contribution < 1.29 is 36.9 Å². The number of alkyl halides is 3. The van der Waals surface area contributed by atoms with E-state index in [1.54, 1.807) is 29.2 Å². The lowest BCUT2D eigenvalue weighted by Crippen LogP contribution is -2.48. The Morgan fingerprint density at radius 1 is 0.906 bits per heavy atom. The quantitative estimate of drug-likeness (QED) is 0.638. The van der Waals surface area contributed by atoms with Crippen LogP contribution in [-0.2, 0) is 6.54 Å². The lowest BCUT2D eigenvalue weighted by atomic mass is 10.1. The normalized spacial score (nSPS) is 14.8. The standard InChI is InChI=1S/C22H25F3N2O5/c1-29-18-12-16(13-19(30-2)20(18)31-3)21(28)27-10-8-26(9-11-27)14-15-4-6-17(7-5-15)32-22(23,24)25/h4-7,12-13H,8-11,14H2,1-3H3. The third-order valence-electron chi connectivity index (χ3n) is 5.13. The summed E-state index contributed by atoms with van der Waals surface area (Å²) in [4.78, 5) is 16.9. The Hall–Kier alpha value is -3.14. The van der Waals surface area contributed by atoms with E-state index >= 15 is 0 Å². The van der Waals surface area contributed by atoms with Crippen molar-refractivity contribution in [2.45, 2.75) is 12.9 Å². The second-order valence-electron chi connectivity index (χ2n) is 7.17. The molecule has 10 heteroatoms. The molecule has 2 aromatic rings. The van der Waals surface area contributed by atoms with E-state index < -0.39 is 6.36 Å². The van der Waals surface area contributed by atoms with Gasteiger partial charge < -0.3 is 23.8 Å². The maximum Gasteiger partial charge on any atom is 0.573 e. The SMILES string of the molecule is COc1cc(C(=O)N2CCN(Cc3ccc(OC(F)(F)F)cc3)CC2)cc(OC)c1OC. The Morgan fingerprint density at radius 3 is 1.94 bits per heavy atom. The summed E-state index contributed by atoms with van der Waals surface area (Å²) in [6.07, 6.45) is -4.71. The lowest BCUT2D eigenvalue weighted by Gasteiger charge is -2.35. The van der Waals surface area contributed by atoms with Gasteiger partial charge in [-0.2, -0.15) is 0 Å². The van der Waals surface area contributed by atoms with Crippen LogP contribution in [0.2, 0.25) is 0 Å². The van der Waals surface area contributed by atoms with Crippen LogP contribution in [0.15, 0.2) is 36.4 Å². The van der Waals surface area contributed by atoms with E-state index in [9.17, 15) is 18.0 Å². The van der Waals surface area contributed by atoms with E-state index in [4.69, 9.17) is 14.2 Å². The first-order valence-corrected chi connectivity index (χ1v) is 9.90. The molecule has 0 unspecified atom stereocenters. The van der Waals surface area contributed by atoms with Gasteiger partial charge in [-0.25, -0.2) is 0 Å². The fraction of sp³-hybridized carbons (Fsp3) is 0.409. The number of methoxy groups -OCH3 is 3. The van der Waals surface area contributed by atoms with Gasteiger partial charge in [0.05, 0.1) is 21.3 Å². The minimum atomic E-state index is -4.71. The van der Waals surface area contributed by atoms with Crippen LogP contribution in [0.25, 0.3) is 0 Å². The fourth-order valence-electron chi connectivity index (χ4n) is 3.55. The number of piperazine rings is 1. The molecule has 0 bridgehead atoms. The predicted octanol–water partition coefficient (Wildman–Crippen LogP) is 3.57. The highest BCUT2D eigenvalue weighted by Crippen LogP contribution is 2.38. The summed E-state index contributed by atoms with van der Waals surface area (Å²) in [6, 6.07) is 9.06. The number of carbonyl (C=O) groups excluding carboxylic acids is 1. The third kappa shape index (κ3) is 5.76. The van der Waals surface area contributed by atoms with E-state index in [1.807, 2.05) is 0 Å². The molecule has 174 valence electrons. The third-order valence-corrected chi connectivity index (χ3v) is 5.13. The van der Waals surface area contributed by atoms with Gasteiger partial charge in [-0.1, -0.05) is 12.1 Å². The van der Waals surface area contributed by atoms with E-state index in [0.29, 0.717) is 55.5 Å². The highest BCUT2D eigenvalue weighted by molar-refractivity contribution is 5.95. The van der Waals surface area contributed by atoms with Crippen molar-refractivity contribution in [1.82, 2.24) is 9.80 Å². The zero-order valence-electron chi connectivity index (χ0n) is 18.1. The first-order chi connectivity index (χ1) is 15.2. The van der Waals surface area contributed by atoms with Gasteiger partial charge in [-0.05, 0) is 29.8 Å². The molecule has 0 spiro atoms. The second-order valence-corrected chi connectivity index (χ2v) is 7.17. The molecular weight excluding hydrogens is 429 g/mol. The van der Waals surface area contributed by atoms with Gasteiger partial charge >= 0.3 is 6.36 Å². The molecule has 1 aliphatic rings. The van der Waals surface area contributed by atoms with Crippen LogP contribution >= 0.6 is 0 Å². The maximum absolute atomic E-state index is 13.0. The highest BCUT2D eigenvalue weighted by atomic mass is 19.4. The number of halogens is 3. The van der Waals surface area contributed by atoms with Crippen LogP contribution in [-0.4, -0.2) is 69.6 Å². The van der Waals surface area contributed by atoms with Crippen molar-refractivity contribution in [1.29, 1.82) is 0 Å². The Morgan fingerprint density at radius 2 is 1.47 bits per heavy atom. The van der Waals surface area contributed by atoms with Crippen LogP contribution in [0.5, 0.6) is 23.0 Å². The molecule has 1 saturated heterocycles. The molecule has 7 nitrogen and oxygen atoms in total. The van der Waals surface area contributed by atoms with Crippen molar-refractivity contribution in [3.05, 3.63) is 47.5 Å². The zero-order chi connectivity index (χ0) is 23.3. The van der Waals surface area contributed by atoms with Crippen LogP contribution < -0.4 is 18.9 Å². The fourth-order valence-corrected chi connectivity index (χ4v) is 3.55. The number of amides is 1. The molecule has 1 amide bonds. The number of benzene rings is 2. The van der Waals surface area contributed by atoms with Crippen LogP contribution in [0.1, 0.15) is 15.9 Å². The summed E-state index contributed by atoms with van der Waals surface area (Å²) in [5.74, 6) is 0.848. The Bertz CT molecular complexity index is 901. The summed E-state index contributed by atoms with van der Waals surface area (Å²) in [7, 11) is 4.48. The van der Waals surface area contributed by atoms with Gasteiger partial charge in [0.25, 0.3) is 5.91 Å². The number of hydrogen-bond acceptors (Lipinski definition) is 6. The molecule has 1 heterocycles. The monoisotopic (exact) mass is 454 g/mol. The van der Waals surface area contributed by atoms with Crippen LogP contribution in [0.4, 0.5) is 13.2 Å². The molecule has 0 aliphatic carbocycles. The van der Waals surface area contributed by atoms with Crippen molar-refractivity contribution in [3.8, 4) is 23.0 Å². The van der Waals surface area contributed by atoms with Gasteiger partial charge in [-0.15, -0.1) is 13.2 Å². The highest BCUT2D eigenvalue weighted by Gasteiger charge is 2.31. The molecule has 0 radical (unpaired) electrons. The average Bonchev–Trinajstić information content (AvgIpc) is 2.78. The molecule has 2 aromatic carbocycles. The largest absolute Gasteiger partial charge is 0.573 e. The molecule has 32 heavy (non-hydrogen) atoms. The summed E-state index contributed by atoms with van der Waals surface area (Å²) in [5, 5.41) is 0. The molecule has 1 aliphatic heterocycles. The van der Waals surface area contributed by atoms with Crippen LogP contribution in [0.3, 0.4) is 0 Å². The van der Waals surface area contributed by atoms with Gasteiger partial charge in [0.15, 0.2) is 11.5 Å². The van der Waals surface area contributed by atoms with Crippen molar-refractivity contribution in [2.75, 3.05) is 47.5 Å². The zero-order valence-corrected chi connectivity index (χ0v) is 18.1. The Kier molecular flexibility index (Phi) is 7.34. The smallest absolute Gasteiger partial charge is 0.493 e. The molecule has 0 saturated carbocycles. The van der Waals surface area contributed by atoms with Gasteiger partial charge in [-0.3, -0.25) is 9.69 Å². The van der Waals surface area contributed by atoms with Gasteiger partial charge in [0.2, 0.25) is 5.75 Å². The molecule has 1 fully saturated rings.